The molecular weight excluding hydrogens is 506 g/mol. The number of hydrogen-bond acceptors (Lipinski definition) is 9. The highest BCUT2D eigenvalue weighted by molar-refractivity contribution is 7.80. The van der Waals surface area contributed by atoms with Crippen molar-refractivity contribution in [3.63, 3.8) is 0 Å². The van der Waals surface area contributed by atoms with Gasteiger partial charge in [-0.15, -0.1) is 12.4 Å². The van der Waals surface area contributed by atoms with Crippen LogP contribution < -0.4 is 16.7 Å². The number of esters is 1. The molecule has 188 valence electrons. The van der Waals surface area contributed by atoms with Gasteiger partial charge in [-0.2, -0.15) is 17.7 Å². The minimum Gasteiger partial charge on any atom is -0.458 e. The number of carbonyl (C=O) groups excluding carboxylic acids is 2. The lowest BCUT2D eigenvalue weighted by molar-refractivity contribution is -0.172. The van der Waals surface area contributed by atoms with Crippen LogP contribution in [0.25, 0.3) is 22.3 Å². The van der Waals surface area contributed by atoms with Gasteiger partial charge in [0.05, 0.1) is 41.3 Å². The van der Waals surface area contributed by atoms with E-state index in [1.807, 2.05) is 24.3 Å². The van der Waals surface area contributed by atoms with Gasteiger partial charge in [-0.1, -0.05) is 25.1 Å². The molecular formula is C24H24ClN5O5S. The number of aliphatic hydroxyl groups is 1. The van der Waals surface area contributed by atoms with Gasteiger partial charge < -0.3 is 20.1 Å². The Morgan fingerprint density at radius 2 is 2.14 bits per heavy atom. The molecule has 0 saturated heterocycles. The highest BCUT2D eigenvalue weighted by Crippen LogP contribution is 2.39. The number of carbonyl (C=O) groups is 2. The Morgan fingerprint density at radius 1 is 1.39 bits per heavy atom. The topological polar surface area (TPSA) is 149 Å². The molecule has 0 spiro atoms. The molecule has 0 fully saturated rings. The van der Waals surface area contributed by atoms with E-state index >= 15 is 0 Å². The SMILES string of the molecule is CC[C@@]1(O)C(=O)OCc2c1cc1n(c2=O)Cc2c-1nc1ccccc1c2C=NNC(=O)C(N)CS.Cl. The molecule has 36 heavy (non-hydrogen) atoms. The minimum absolute atomic E-state index is 0. The van der Waals surface area contributed by atoms with Gasteiger partial charge in [0.2, 0.25) is 0 Å². The second kappa shape index (κ2) is 9.66. The summed E-state index contributed by atoms with van der Waals surface area (Å²) >= 11 is 4.02. The zero-order valence-electron chi connectivity index (χ0n) is 19.2. The molecule has 4 heterocycles. The summed E-state index contributed by atoms with van der Waals surface area (Å²) in [5.41, 5.74) is 9.46. The van der Waals surface area contributed by atoms with Gasteiger partial charge in [-0.3, -0.25) is 9.59 Å². The fourth-order valence-electron chi connectivity index (χ4n) is 4.53. The predicted molar refractivity (Wildman–Crippen MR) is 139 cm³/mol. The number of fused-ring (bicyclic) bond motifs is 5. The van der Waals surface area contributed by atoms with Crippen LogP contribution in [0.5, 0.6) is 0 Å². The van der Waals surface area contributed by atoms with E-state index in [0.29, 0.717) is 22.5 Å². The van der Waals surface area contributed by atoms with Crippen molar-refractivity contribution in [1.29, 1.82) is 0 Å². The van der Waals surface area contributed by atoms with Crippen molar-refractivity contribution in [2.24, 2.45) is 10.8 Å². The summed E-state index contributed by atoms with van der Waals surface area (Å²) < 4.78 is 6.68. The number of hydrogen-bond donors (Lipinski definition) is 4. The summed E-state index contributed by atoms with van der Waals surface area (Å²) in [7, 11) is 0. The first-order valence-electron chi connectivity index (χ1n) is 11.1. The third kappa shape index (κ3) is 3.88. The van der Waals surface area contributed by atoms with Gasteiger partial charge in [0.15, 0.2) is 5.60 Å². The maximum atomic E-state index is 13.4. The van der Waals surface area contributed by atoms with Gasteiger partial charge in [0.25, 0.3) is 11.5 Å². The number of nitrogens with two attached hydrogens (primary N) is 1. The van der Waals surface area contributed by atoms with Gasteiger partial charge >= 0.3 is 5.97 Å². The molecule has 2 aliphatic heterocycles. The summed E-state index contributed by atoms with van der Waals surface area (Å²) in [5.74, 6) is -1.07. The minimum atomic E-state index is -1.90. The zero-order chi connectivity index (χ0) is 24.9. The van der Waals surface area contributed by atoms with E-state index in [4.69, 9.17) is 15.5 Å². The van der Waals surface area contributed by atoms with E-state index in [9.17, 15) is 19.5 Å². The van der Waals surface area contributed by atoms with E-state index in [1.54, 1.807) is 17.6 Å². The Balaban J connectivity index is 0.00000304. The van der Waals surface area contributed by atoms with Crippen LogP contribution in [0.15, 0.2) is 40.2 Å². The summed E-state index contributed by atoms with van der Waals surface area (Å²) in [6.45, 7) is 1.66. The van der Waals surface area contributed by atoms with Crippen molar-refractivity contribution >= 4 is 54.0 Å². The Morgan fingerprint density at radius 3 is 2.86 bits per heavy atom. The number of halogens is 1. The summed E-state index contributed by atoms with van der Waals surface area (Å²) in [6, 6.07) is 8.28. The van der Waals surface area contributed by atoms with Gasteiger partial charge in [0, 0.05) is 27.8 Å². The fraction of sp³-hybridized carbons (Fsp3) is 0.292. The molecule has 2 atom stereocenters. The number of aromatic nitrogens is 2. The molecule has 12 heteroatoms. The van der Waals surface area contributed by atoms with Crippen molar-refractivity contribution in [2.45, 2.75) is 38.1 Å². The molecule has 0 saturated carbocycles. The summed E-state index contributed by atoms with van der Waals surface area (Å²) in [6.07, 6.45) is 1.57. The van der Waals surface area contributed by atoms with Gasteiger partial charge in [-0.05, 0) is 18.6 Å². The lowest BCUT2D eigenvalue weighted by Crippen LogP contribution is -2.44. The number of amides is 1. The lowest BCUT2D eigenvalue weighted by atomic mass is 9.86. The van der Waals surface area contributed by atoms with Crippen LogP contribution in [0.4, 0.5) is 0 Å². The van der Waals surface area contributed by atoms with Crippen molar-refractivity contribution in [3.8, 4) is 11.4 Å². The van der Waals surface area contributed by atoms with E-state index in [-0.39, 0.29) is 54.4 Å². The van der Waals surface area contributed by atoms with E-state index in [0.717, 1.165) is 10.9 Å². The molecule has 2 aromatic heterocycles. The fourth-order valence-corrected chi connectivity index (χ4v) is 4.70. The number of pyridine rings is 2. The smallest absolute Gasteiger partial charge is 0.343 e. The van der Waals surface area contributed by atoms with Crippen LogP contribution in [0.2, 0.25) is 0 Å². The monoisotopic (exact) mass is 529 g/mol. The molecule has 5 rings (SSSR count). The van der Waals surface area contributed by atoms with Crippen LogP contribution >= 0.6 is 25.0 Å². The quantitative estimate of drug-likeness (QED) is 0.131. The van der Waals surface area contributed by atoms with Crippen molar-refractivity contribution in [1.82, 2.24) is 15.0 Å². The number of cyclic esters (lactones) is 1. The number of benzene rings is 1. The Kier molecular flexibility index (Phi) is 6.93. The van der Waals surface area contributed by atoms with Crippen LogP contribution in [0, 0.1) is 0 Å². The molecule has 4 N–H and O–H groups in total. The second-order valence-electron chi connectivity index (χ2n) is 8.50. The van der Waals surface area contributed by atoms with Crippen molar-refractivity contribution < 1.29 is 19.4 Å². The molecule has 1 aromatic carbocycles. The molecule has 2 aliphatic rings. The number of rotatable bonds is 5. The first kappa shape index (κ1) is 25.8. The maximum absolute atomic E-state index is 13.4. The van der Waals surface area contributed by atoms with Crippen LogP contribution in [0.3, 0.4) is 0 Å². The first-order chi connectivity index (χ1) is 16.8. The third-order valence-electron chi connectivity index (χ3n) is 6.54. The average Bonchev–Trinajstić information content (AvgIpc) is 3.24. The molecule has 1 amide bonds. The standard InChI is InChI=1S/C24H23N5O5S.ClH/c1-2-24(33)16-7-19-20-14(9-29(19)22(31)15(16)10-34-23(24)32)13(8-26-28-21(30)17(25)11-35)12-5-3-4-6-18(12)27-20;/h3-8,17,33,35H,2,9-11,25H2,1H3,(H,28,30);1H/t17?,24-;/m0./s1. The molecule has 10 nitrogen and oxygen atoms in total. The lowest BCUT2D eigenvalue weighted by Gasteiger charge is -2.31. The number of nitrogens with one attached hydrogen (secondary N) is 1. The van der Waals surface area contributed by atoms with Crippen LogP contribution in [0.1, 0.15) is 35.6 Å². The van der Waals surface area contributed by atoms with Crippen molar-refractivity contribution in [2.75, 3.05) is 5.75 Å². The Bertz CT molecular complexity index is 1490. The van der Waals surface area contributed by atoms with E-state index in [1.165, 1.54) is 6.21 Å². The zero-order valence-corrected chi connectivity index (χ0v) is 20.9. The summed E-state index contributed by atoms with van der Waals surface area (Å²) in [4.78, 5) is 42.6. The maximum Gasteiger partial charge on any atom is 0.343 e. The molecule has 1 unspecified atom stereocenters. The largest absolute Gasteiger partial charge is 0.458 e. The van der Waals surface area contributed by atoms with Crippen LogP contribution in [-0.4, -0.2) is 44.5 Å². The third-order valence-corrected chi connectivity index (χ3v) is 6.93. The molecule has 0 aliphatic carbocycles. The molecule has 0 bridgehead atoms. The first-order valence-corrected chi connectivity index (χ1v) is 11.7. The molecule has 3 aromatic rings. The van der Waals surface area contributed by atoms with E-state index < -0.39 is 23.5 Å². The highest BCUT2D eigenvalue weighted by Gasteiger charge is 2.45. The number of nitrogens with zero attached hydrogens (tertiary/aromatic N) is 3. The van der Waals surface area contributed by atoms with Crippen LogP contribution in [-0.2, 0) is 33.1 Å². The number of hydrazone groups is 1. The number of thiol groups is 1. The van der Waals surface area contributed by atoms with Gasteiger partial charge in [0.1, 0.15) is 6.61 Å². The van der Waals surface area contributed by atoms with E-state index in [2.05, 4.69) is 23.2 Å². The number of para-hydroxylation sites is 1. The average molecular weight is 530 g/mol. The summed E-state index contributed by atoms with van der Waals surface area (Å²) in [5, 5.41) is 15.9. The Hall–Kier alpha value is -3.25. The number of ether oxygens (including phenoxy) is 1. The molecule has 0 radical (unpaired) electrons. The van der Waals surface area contributed by atoms with Crippen molar-refractivity contribution in [3.05, 3.63) is 62.9 Å². The van der Waals surface area contributed by atoms with Gasteiger partial charge in [-0.25, -0.2) is 15.2 Å². The highest BCUT2D eigenvalue weighted by atomic mass is 35.5. The second-order valence-corrected chi connectivity index (χ2v) is 8.86. The Labute approximate surface area is 217 Å². The normalized spacial score (nSPS) is 18.7. The predicted octanol–water partition coefficient (Wildman–Crippen LogP) is 1.21.